The zero-order valence-electron chi connectivity index (χ0n) is 14.4. The molecule has 0 atom stereocenters. The lowest BCUT2D eigenvalue weighted by atomic mass is 10.2. The predicted molar refractivity (Wildman–Crippen MR) is 107 cm³/mol. The summed E-state index contributed by atoms with van der Waals surface area (Å²) in [5, 5.41) is 6.09. The maximum Gasteiger partial charge on any atom is 0.226 e. The Balaban J connectivity index is 1.44. The molecule has 0 unspecified atom stereocenters. The molecular weight excluding hydrogens is 368 g/mol. The van der Waals surface area contributed by atoms with Gasteiger partial charge in [0.25, 0.3) is 0 Å². The van der Waals surface area contributed by atoms with E-state index in [2.05, 4.69) is 10.3 Å². The largest absolute Gasteiger partial charge is 0.493 e. The summed E-state index contributed by atoms with van der Waals surface area (Å²) in [5.74, 6) is 0.734. The van der Waals surface area contributed by atoms with Crippen molar-refractivity contribution in [3.05, 3.63) is 64.5 Å². The highest BCUT2D eigenvalue weighted by atomic mass is 35.5. The molecule has 1 amide bonds. The molecular formula is C20H19ClN2O2S. The first-order valence-corrected chi connectivity index (χ1v) is 9.57. The van der Waals surface area contributed by atoms with Crippen LogP contribution >= 0.6 is 22.9 Å². The Bertz CT molecular complexity index is 881. The van der Waals surface area contributed by atoms with Crippen molar-refractivity contribution in [2.24, 2.45) is 0 Å². The smallest absolute Gasteiger partial charge is 0.226 e. The Kier molecular flexibility index (Phi) is 6.26. The van der Waals surface area contributed by atoms with E-state index < -0.39 is 0 Å². The fourth-order valence-electron chi connectivity index (χ4n) is 2.44. The fraction of sp³-hybridized carbons (Fsp3) is 0.200. The van der Waals surface area contributed by atoms with Gasteiger partial charge in [0.2, 0.25) is 5.91 Å². The van der Waals surface area contributed by atoms with Gasteiger partial charge in [0.15, 0.2) is 5.13 Å². The first-order valence-electron chi connectivity index (χ1n) is 8.31. The standard InChI is InChI=1S/C20H19ClN2O2S/c1-14-12-16(21)9-10-18(14)25-11-5-8-19(24)23-20-22-17(13-26-20)15-6-3-2-4-7-15/h2-4,6-7,9-10,12-13H,5,8,11H2,1H3,(H,22,23,24). The SMILES string of the molecule is Cc1cc(Cl)ccc1OCCCC(=O)Nc1nc(-c2ccccc2)cs1. The van der Waals surface area contributed by atoms with Gasteiger partial charge in [0.05, 0.1) is 12.3 Å². The van der Waals surface area contributed by atoms with Gasteiger partial charge in [-0.3, -0.25) is 4.79 Å². The molecule has 1 aromatic heterocycles. The second-order valence-corrected chi connectivity index (χ2v) is 7.11. The lowest BCUT2D eigenvalue weighted by Crippen LogP contribution is -2.12. The molecule has 1 heterocycles. The summed E-state index contributed by atoms with van der Waals surface area (Å²) < 4.78 is 5.70. The molecule has 0 aliphatic rings. The topological polar surface area (TPSA) is 51.2 Å². The zero-order valence-corrected chi connectivity index (χ0v) is 15.9. The third-order valence-corrected chi connectivity index (χ3v) is 4.76. The van der Waals surface area contributed by atoms with E-state index in [0.29, 0.717) is 29.6 Å². The summed E-state index contributed by atoms with van der Waals surface area (Å²) in [6.45, 7) is 2.42. The van der Waals surface area contributed by atoms with Crippen LogP contribution in [-0.4, -0.2) is 17.5 Å². The number of benzene rings is 2. The van der Waals surface area contributed by atoms with Crippen molar-refractivity contribution in [1.82, 2.24) is 4.98 Å². The number of carbonyl (C=O) groups excluding carboxylic acids is 1. The molecule has 1 N–H and O–H groups in total. The Morgan fingerprint density at radius 2 is 2.04 bits per heavy atom. The molecule has 0 aliphatic carbocycles. The van der Waals surface area contributed by atoms with Gasteiger partial charge >= 0.3 is 0 Å². The molecule has 4 nitrogen and oxygen atoms in total. The number of nitrogens with one attached hydrogen (secondary N) is 1. The van der Waals surface area contributed by atoms with E-state index in [9.17, 15) is 4.79 Å². The monoisotopic (exact) mass is 386 g/mol. The summed E-state index contributed by atoms with van der Waals surface area (Å²) in [5.41, 5.74) is 2.89. The predicted octanol–water partition coefficient (Wildman–Crippen LogP) is 5.57. The summed E-state index contributed by atoms with van der Waals surface area (Å²) in [6, 6.07) is 15.4. The van der Waals surface area contributed by atoms with E-state index in [1.807, 2.05) is 54.8 Å². The van der Waals surface area contributed by atoms with Gasteiger partial charge in [0, 0.05) is 22.4 Å². The molecule has 0 radical (unpaired) electrons. The van der Waals surface area contributed by atoms with E-state index in [1.54, 1.807) is 6.07 Å². The number of amides is 1. The van der Waals surface area contributed by atoms with Crippen LogP contribution in [0, 0.1) is 6.92 Å². The van der Waals surface area contributed by atoms with Gasteiger partial charge in [-0.1, -0.05) is 41.9 Å². The molecule has 2 aromatic carbocycles. The van der Waals surface area contributed by atoms with Crippen molar-refractivity contribution in [3.8, 4) is 17.0 Å². The van der Waals surface area contributed by atoms with Gasteiger partial charge in [-0.05, 0) is 37.1 Å². The maximum absolute atomic E-state index is 12.1. The van der Waals surface area contributed by atoms with Crippen molar-refractivity contribution >= 4 is 34.0 Å². The van der Waals surface area contributed by atoms with Gasteiger partial charge in [-0.25, -0.2) is 4.98 Å². The minimum Gasteiger partial charge on any atom is -0.493 e. The number of anilines is 1. The van der Waals surface area contributed by atoms with Crippen LogP contribution in [0.2, 0.25) is 5.02 Å². The van der Waals surface area contributed by atoms with Crippen LogP contribution in [0.1, 0.15) is 18.4 Å². The molecule has 0 aliphatic heterocycles. The molecule has 6 heteroatoms. The normalized spacial score (nSPS) is 10.5. The van der Waals surface area contributed by atoms with E-state index in [0.717, 1.165) is 22.6 Å². The van der Waals surface area contributed by atoms with Crippen LogP contribution in [0.3, 0.4) is 0 Å². The summed E-state index contributed by atoms with van der Waals surface area (Å²) in [6.07, 6.45) is 1.01. The first-order chi connectivity index (χ1) is 12.6. The van der Waals surface area contributed by atoms with Crippen LogP contribution in [0.15, 0.2) is 53.9 Å². The van der Waals surface area contributed by atoms with E-state index >= 15 is 0 Å². The van der Waals surface area contributed by atoms with E-state index in [4.69, 9.17) is 16.3 Å². The minimum absolute atomic E-state index is 0.0598. The summed E-state index contributed by atoms with van der Waals surface area (Å²) >= 11 is 7.35. The number of hydrogen-bond acceptors (Lipinski definition) is 4. The number of carbonyl (C=O) groups is 1. The number of halogens is 1. The summed E-state index contributed by atoms with van der Waals surface area (Å²) in [4.78, 5) is 16.5. The van der Waals surface area contributed by atoms with Crippen molar-refractivity contribution in [3.63, 3.8) is 0 Å². The Morgan fingerprint density at radius 1 is 1.23 bits per heavy atom. The van der Waals surface area contributed by atoms with Crippen LogP contribution in [0.4, 0.5) is 5.13 Å². The second-order valence-electron chi connectivity index (χ2n) is 5.81. The Labute approximate surface area is 161 Å². The molecule has 134 valence electrons. The van der Waals surface area contributed by atoms with Crippen LogP contribution in [0.5, 0.6) is 5.75 Å². The lowest BCUT2D eigenvalue weighted by molar-refractivity contribution is -0.116. The second kappa shape index (κ2) is 8.83. The molecule has 0 spiro atoms. The lowest BCUT2D eigenvalue weighted by Gasteiger charge is -2.09. The summed E-state index contributed by atoms with van der Waals surface area (Å²) in [7, 11) is 0. The molecule has 3 rings (SSSR count). The van der Waals surface area contributed by atoms with Gasteiger partial charge in [-0.15, -0.1) is 11.3 Å². The average Bonchev–Trinajstić information content (AvgIpc) is 3.09. The zero-order chi connectivity index (χ0) is 18.4. The molecule has 26 heavy (non-hydrogen) atoms. The number of hydrogen-bond donors (Lipinski definition) is 1. The van der Waals surface area contributed by atoms with Crippen molar-refractivity contribution in [2.75, 3.05) is 11.9 Å². The quantitative estimate of drug-likeness (QED) is 0.540. The minimum atomic E-state index is -0.0598. The third-order valence-electron chi connectivity index (χ3n) is 3.76. The van der Waals surface area contributed by atoms with Crippen LogP contribution < -0.4 is 10.1 Å². The first kappa shape index (κ1) is 18.4. The number of thiazole rings is 1. The highest BCUT2D eigenvalue weighted by Gasteiger charge is 2.08. The highest BCUT2D eigenvalue weighted by Crippen LogP contribution is 2.25. The van der Waals surface area contributed by atoms with Crippen molar-refractivity contribution in [1.29, 1.82) is 0 Å². The number of rotatable bonds is 7. The number of nitrogens with zero attached hydrogens (tertiary/aromatic N) is 1. The molecule has 0 saturated carbocycles. The number of aryl methyl sites for hydroxylation is 1. The molecule has 3 aromatic rings. The number of ether oxygens (including phenoxy) is 1. The molecule has 0 fully saturated rings. The van der Waals surface area contributed by atoms with Crippen LogP contribution in [0.25, 0.3) is 11.3 Å². The molecule has 0 saturated heterocycles. The molecule has 0 bridgehead atoms. The average molecular weight is 387 g/mol. The van der Waals surface area contributed by atoms with Crippen molar-refractivity contribution < 1.29 is 9.53 Å². The van der Waals surface area contributed by atoms with Gasteiger partial charge < -0.3 is 10.1 Å². The van der Waals surface area contributed by atoms with E-state index in [1.165, 1.54) is 11.3 Å². The number of aromatic nitrogens is 1. The van der Waals surface area contributed by atoms with Gasteiger partial charge in [0.1, 0.15) is 5.75 Å². The Morgan fingerprint density at radius 3 is 2.81 bits per heavy atom. The fourth-order valence-corrected chi connectivity index (χ4v) is 3.41. The van der Waals surface area contributed by atoms with Crippen molar-refractivity contribution in [2.45, 2.75) is 19.8 Å². The third kappa shape index (κ3) is 5.07. The maximum atomic E-state index is 12.1. The highest BCUT2D eigenvalue weighted by molar-refractivity contribution is 7.14. The Hall–Kier alpha value is -2.37. The van der Waals surface area contributed by atoms with Crippen LogP contribution in [-0.2, 0) is 4.79 Å². The van der Waals surface area contributed by atoms with Gasteiger partial charge in [-0.2, -0.15) is 0 Å². The van der Waals surface area contributed by atoms with E-state index in [-0.39, 0.29) is 5.91 Å².